The standard InChI is InChI=1S/C39H30N2O/c1-39(22-10-3-11-23-39)41(29-13-4-2-5-14-29)30-19-20-34-35-25-28(18-21-37(35)42-38(34)26-30)40-36-24-27-12-6-7-15-31(27)32-16-8-9-17-33(32)36/h2-22,24-26,40H,23H2,1H3. The number of rotatable bonds is 5. The van der Waals surface area contributed by atoms with Gasteiger partial charge in [0.15, 0.2) is 0 Å². The molecule has 202 valence electrons. The topological polar surface area (TPSA) is 28.4 Å². The Balaban J connectivity index is 1.21. The highest BCUT2D eigenvalue weighted by molar-refractivity contribution is 6.14. The van der Waals surface area contributed by atoms with Crippen LogP contribution in [-0.2, 0) is 0 Å². The molecular weight excluding hydrogens is 512 g/mol. The first kappa shape index (κ1) is 24.5. The number of nitrogens with one attached hydrogen (secondary N) is 1. The van der Waals surface area contributed by atoms with Crippen LogP contribution >= 0.6 is 0 Å². The van der Waals surface area contributed by atoms with Gasteiger partial charge in [0, 0.05) is 45.0 Å². The van der Waals surface area contributed by atoms with Gasteiger partial charge in [-0.25, -0.2) is 0 Å². The molecule has 8 rings (SSSR count). The van der Waals surface area contributed by atoms with E-state index < -0.39 is 0 Å². The zero-order chi connectivity index (χ0) is 28.1. The minimum Gasteiger partial charge on any atom is -0.456 e. The third-order valence-corrected chi connectivity index (χ3v) is 8.52. The molecule has 0 bridgehead atoms. The fraction of sp³-hybridized carbons (Fsp3) is 0.0769. The zero-order valence-electron chi connectivity index (χ0n) is 23.4. The maximum atomic E-state index is 6.45. The Morgan fingerprint density at radius 1 is 0.619 bits per heavy atom. The molecule has 1 aliphatic carbocycles. The van der Waals surface area contributed by atoms with E-state index in [1.54, 1.807) is 0 Å². The summed E-state index contributed by atoms with van der Waals surface area (Å²) in [6.45, 7) is 2.29. The molecule has 1 heterocycles. The minimum absolute atomic E-state index is 0.185. The van der Waals surface area contributed by atoms with Crippen LogP contribution in [0.2, 0.25) is 0 Å². The smallest absolute Gasteiger partial charge is 0.137 e. The van der Waals surface area contributed by atoms with Crippen molar-refractivity contribution in [3.05, 3.63) is 146 Å². The van der Waals surface area contributed by atoms with Crippen LogP contribution in [0.3, 0.4) is 0 Å². The van der Waals surface area contributed by atoms with Crippen LogP contribution in [0, 0.1) is 0 Å². The van der Waals surface area contributed by atoms with E-state index in [9.17, 15) is 0 Å². The van der Waals surface area contributed by atoms with Gasteiger partial charge in [-0.15, -0.1) is 0 Å². The van der Waals surface area contributed by atoms with E-state index >= 15 is 0 Å². The Morgan fingerprint density at radius 2 is 1.40 bits per heavy atom. The van der Waals surface area contributed by atoms with E-state index in [0.29, 0.717) is 0 Å². The Hall–Kier alpha value is -5.28. The number of nitrogens with zero attached hydrogens (tertiary/aromatic N) is 1. The van der Waals surface area contributed by atoms with E-state index in [4.69, 9.17) is 4.42 Å². The minimum atomic E-state index is -0.185. The fourth-order valence-corrected chi connectivity index (χ4v) is 6.49. The number of hydrogen-bond donors (Lipinski definition) is 1. The third-order valence-electron chi connectivity index (χ3n) is 8.52. The summed E-state index contributed by atoms with van der Waals surface area (Å²) in [5, 5.41) is 10.9. The maximum Gasteiger partial charge on any atom is 0.137 e. The summed E-state index contributed by atoms with van der Waals surface area (Å²) in [6.07, 6.45) is 9.72. The Labute approximate surface area is 245 Å². The van der Waals surface area contributed by atoms with Crippen molar-refractivity contribution < 1.29 is 4.42 Å². The average Bonchev–Trinajstić information content (AvgIpc) is 3.39. The first-order valence-corrected chi connectivity index (χ1v) is 14.5. The lowest BCUT2D eigenvalue weighted by Crippen LogP contribution is -2.42. The third kappa shape index (κ3) is 4.05. The highest BCUT2D eigenvalue weighted by atomic mass is 16.3. The van der Waals surface area contributed by atoms with E-state index in [0.717, 1.165) is 51.1 Å². The monoisotopic (exact) mass is 542 g/mol. The van der Waals surface area contributed by atoms with Crippen molar-refractivity contribution in [3.63, 3.8) is 0 Å². The highest BCUT2D eigenvalue weighted by Gasteiger charge is 2.31. The number of benzene rings is 6. The van der Waals surface area contributed by atoms with Crippen LogP contribution in [0.4, 0.5) is 22.7 Å². The summed E-state index contributed by atoms with van der Waals surface area (Å²) in [4.78, 5) is 2.41. The summed E-state index contributed by atoms with van der Waals surface area (Å²) in [5.41, 5.74) is 5.98. The summed E-state index contributed by atoms with van der Waals surface area (Å²) in [7, 11) is 0. The molecule has 3 heteroatoms. The molecule has 7 aromatic rings. The van der Waals surface area contributed by atoms with Gasteiger partial charge < -0.3 is 14.6 Å². The Morgan fingerprint density at radius 3 is 2.24 bits per heavy atom. The molecule has 1 N–H and O–H groups in total. The van der Waals surface area contributed by atoms with Gasteiger partial charge in [-0.1, -0.05) is 91.0 Å². The van der Waals surface area contributed by atoms with E-state index in [1.807, 2.05) is 0 Å². The molecule has 1 unspecified atom stereocenters. The molecule has 42 heavy (non-hydrogen) atoms. The van der Waals surface area contributed by atoms with Crippen LogP contribution in [0.25, 0.3) is 43.5 Å². The predicted molar refractivity (Wildman–Crippen MR) is 178 cm³/mol. The fourth-order valence-electron chi connectivity index (χ4n) is 6.49. The summed E-state index contributed by atoms with van der Waals surface area (Å²) >= 11 is 0. The van der Waals surface area contributed by atoms with Crippen molar-refractivity contribution in [2.24, 2.45) is 0 Å². The molecule has 0 fully saturated rings. The second kappa shape index (κ2) is 9.67. The molecule has 6 aromatic carbocycles. The molecule has 3 nitrogen and oxygen atoms in total. The molecule has 0 amide bonds. The molecule has 1 atom stereocenters. The van der Waals surface area contributed by atoms with Crippen molar-refractivity contribution >= 4 is 66.2 Å². The first-order chi connectivity index (χ1) is 20.7. The Kier molecular flexibility index (Phi) is 5.65. The normalized spacial score (nSPS) is 16.5. The van der Waals surface area contributed by atoms with Crippen LogP contribution < -0.4 is 10.2 Å². The molecule has 0 aliphatic heterocycles. The van der Waals surface area contributed by atoms with Crippen molar-refractivity contribution in [1.29, 1.82) is 0 Å². The molecule has 1 aromatic heterocycles. The maximum absolute atomic E-state index is 6.45. The van der Waals surface area contributed by atoms with Gasteiger partial charge in [0.05, 0.1) is 5.54 Å². The second-order valence-electron chi connectivity index (χ2n) is 11.3. The molecule has 0 radical (unpaired) electrons. The van der Waals surface area contributed by atoms with Gasteiger partial charge in [-0.2, -0.15) is 0 Å². The van der Waals surface area contributed by atoms with Gasteiger partial charge in [-0.05, 0) is 78.0 Å². The van der Waals surface area contributed by atoms with Gasteiger partial charge in [-0.3, -0.25) is 0 Å². The summed E-state index contributed by atoms with van der Waals surface area (Å²) in [5.74, 6) is 0. The zero-order valence-corrected chi connectivity index (χ0v) is 23.4. The molecule has 0 saturated heterocycles. The quantitative estimate of drug-likeness (QED) is 0.219. The van der Waals surface area contributed by atoms with Gasteiger partial charge in [0.2, 0.25) is 0 Å². The summed E-state index contributed by atoms with van der Waals surface area (Å²) in [6, 6.07) is 43.0. The van der Waals surface area contributed by atoms with Crippen LogP contribution in [0.15, 0.2) is 150 Å². The van der Waals surface area contributed by atoms with Crippen LogP contribution in [-0.4, -0.2) is 5.54 Å². The van der Waals surface area contributed by atoms with Gasteiger partial charge in [0.1, 0.15) is 11.2 Å². The van der Waals surface area contributed by atoms with E-state index in [1.165, 1.54) is 21.5 Å². The van der Waals surface area contributed by atoms with Crippen molar-refractivity contribution in [1.82, 2.24) is 0 Å². The average molecular weight is 543 g/mol. The second-order valence-corrected chi connectivity index (χ2v) is 11.3. The van der Waals surface area contributed by atoms with Gasteiger partial charge in [0.25, 0.3) is 0 Å². The predicted octanol–water partition coefficient (Wildman–Crippen LogP) is 11.0. The Bertz CT molecular complexity index is 2170. The number of furan rings is 1. The molecule has 0 spiro atoms. The van der Waals surface area contributed by atoms with Crippen LogP contribution in [0.5, 0.6) is 0 Å². The van der Waals surface area contributed by atoms with E-state index in [-0.39, 0.29) is 5.54 Å². The SMILES string of the molecule is CC1(N(c2ccccc2)c2ccc3c(c2)oc2ccc(Nc4cc5ccccc5c5ccccc45)cc23)C=CC=CC1. The van der Waals surface area contributed by atoms with Gasteiger partial charge >= 0.3 is 0 Å². The lowest BCUT2D eigenvalue weighted by molar-refractivity contribution is 0.570. The largest absolute Gasteiger partial charge is 0.456 e. The lowest BCUT2D eigenvalue weighted by atomic mass is 9.90. The van der Waals surface area contributed by atoms with Crippen molar-refractivity contribution in [3.8, 4) is 0 Å². The number of para-hydroxylation sites is 1. The molecular formula is C39H30N2O. The van der Waals surface area contributed by atoms with Crippen molar-refractivity contribution in [2.75, 3.05) is 10.2 Å². The van der Waals surface area contributed by atoms with Crippen molar-refractivity contribution in [2.45, 2.75) is 18.9 Å². The van der Waals surface area contributed by atoms with Crippen LogP contribution in [0.1, 0.15) is 13.3 Å². The summed E-state index contributed by atoms with van der Waals surface area (Å²) < 4.78 is 6.45. The number of fused-ring (bicyclic) bond motifs is 6. The number of allylic oxidation sites excluding steroid dienone is 2. The molecule has 1 aliphatic rings. The lowest BCUT2D eigenvalue weighted by Gasteiger charge is -2.41. The number of hydrogen-bond acceptors (Lipinski definition) is 3. The first-order valence-electron chi connectivity index (χ1n) is 14.5. The van der Waals surface area contributed by atoms with E-state index in [2.05, 4.69) is 163 Å². The number of anilines is 4. The highest BCUT2D eigenvalue weighted by Crippen LogP contribution is 2.41. The molecule has 0 saturated carbocycles.